The van der Waals surface area contributed by atoms with Gasteiger partial charge >= 0.3 is 0 Å². The van der Waals surface area contributed by atoms with Crippen LogP contribution in [-0.2, 0) is 0 Å². The van der Waals surface area contributed by atoms with E-state index in [4.69, 9.17) is 4.74 Å². The molecule has 1 aromatic heterocycles. The largest absolute Gasteiger partial charge is 0.490 e. The SMILES string of the molecule is CNc1ncnc(NC2CCCC2(C)C)c1OC. The number of methoxy groups -OCH3 is 1. The fraction of sp³-hybridized carbons (Fsp3) is 0.692. The molecule has 0 amide bonds. The summed E-state index contributed by atoms with van der Waals surface area (Å²) in [7, 11) is 3.47. The van der Waals surface area contributed by atoms with Gasteiger partial charge in [-0.1, -0.05) is 20.3 Å². The van der Waals surface area contributed by atoms with Gasteiger partial charge in [-0.15, -0.1) is 0 Å². The first-order valence-electron chi connectivity index (χ1n) is 6.42. The quantitative estimate of drug-likeness (QED) is 0.860. The maximum absolute atomic E-state index is 5.40. The molecule has 1 aliphatic carbocycles. The number of anilines is 2. The van der Waals surface area contributed by atoms with Crippen LogP contribution in [0, 0.1) is 5.41 Å². The topological polar surface area (TPSA) is 59.1 Å². The third kappa shape index (κ3) is 2.35. The van der Waals surface area contributed by atoms with Gasteiger partial charge in [-0.05, 0) is 18.3 Å². The van der Waals surface area contributed by atoms with E-state index < -0.39 is 0 Å². The fourth-order valence-electron chi connectivity index (χ4n) is 2.61. The van der Waals surface area contributed by atoms with Gasteiger partial charge in [0.1, 0.15) is 6.33 Å². The van der Waals surface area contributed by atoms with Gasteiger partial charge in [0.2, 0.25) is 5.75 Å². The second kappa shape index (κ2) is 5.00. The molecule has 1 saturated carbocycles. The number of nitrogens with zero attached hydrogens (tertiary/aromatic N) is 2. The third-order valence-electron chi connectivity index (χ3n) is 3.81. The second-order valence-corrected chi connectivity index (χ2v) is 5.43. The highest BCUT2D eigenvalue weighted by atomic mass is 16.5. The molecular formula is C13H22N4O. The smallest absolute Gasteiger partial charge is 0.204 e. The highest BCUT2D eigenvalue weighted by molar-refractivity contribution is 5.63. The summed E-state index contributed by atoms with van der Waals surface area (Å²) in [4.78, 5) is 8.45. The molecule has 1 fully saturated rings. The second-order valence-electron chi connectivity index (χ2n) is 5.43. The molecule has 2 rings (SSSR count). The number of nitrogens with one attached hydrogen (secondary N) is 2. The first-order chi connectivity index (χ1) is 8.58. The number of rotatable bonds is 4. The molecule has 1 atom stereocenters. The van der Waals surface area contributed by atoms with Gasteiger partial charge < -0.3 is 15.4 Å². The first kappa shape index (κ1) is 12.9. The molecule has 5 heteroatoms. The molecule has 1 heterocycles. The highest BCUT2D eigenvalue weighted by Gasteiger charge is 2.35. The predicted octanol–water partition coefficient (Wildman–Crippen LogP) is 2.52. The van der Waals surface area contributed by atoms with Crippen molar-refractivity contribution in [2.45, 2.75) is 39.2 Å². The van der Waals surface area contributed by atoms with E-state index in [9.17, 15) is 0 Å². The molecule has 1 aromatic rings. The summed E-state index contributed by atoms with van der Waals surface area (Å²) in [5, 5.41) is 6.53. The van der Waals surface area contributed by atoms with Crippen molar-refractivity contribution in [2.24, 2.45) is 5.41 Å². The van der Waals surface area contributed by atoms with Crippen molar-refractivity contribution in [2.75, 3.05) is 24.8 Å². The molecule has 0 spiro atoms. The summed E-state index contributed by atoms with van der Waals surface area (Å²) >= 11 is 0. The average Bonchev–Trinajstić information content (AvgIpc) is 2.68. The van der Waals surface area contributed by atoms with Gasteiger partial charge in [0.15, 0.2) is 11.6 Å². The van der Waals surface area contributed by atoms with Crippen molar-refractivity contribution >= 4 is 11.6 Å². The van der Waals surface area contributed by atoms with E-state index in [1.54, 1.807) is 13.4 Å². The van der Waals surface area contributed by atoms with E-state index in [0.29, 0.717) is 23.0 Å². The summed E-state index contributed by atoms with van der Waals surface area (Å²) in [6.07, 6.45) is 5.24. The lowest BCUT2D eigenvalue weighted by molar-refractivity contribution is 0.347. The maximum Gasteiger partial charge on any atom is 0.204 e. The number of ether oxygens (including phenoxy) is 1. The zero-order chi connectivity index (χ0) is 13.2. The van der Waals surface area contributed by atoms with Crippen LogP contribution in [0.1, 0.15) is 33.1 Å². The molecule has 0 radical (unpaired) electrons. The summed E-state index contributed by atoms with van der Waals surface area (Å²) in [5.41, 5.74) is 0.301. The summed E-state index contributed by atoms with van der Waals surface area (Å²) in [6.45, 7) is 4.59. The van der Waals surface area contributed by atoms with Crippen molar-refractivity contribution in [3.63, 3.8) is 0 Å². The van der Waals surface area contributed by atoms with Gasteiger partial charge in [-0.2, -0.15) is 0 Å². The Morgan fingerprint density at radius 2 is 2.06 bits per heavy atom. The van der Waals surface area contributed by atoms with Gasteiger partial charge in [0.05, 0.1) is 7.11 Å². The minimum atomic E-state index is 0.301. The molecule has 0 saturated heterocycles. The van der Waals surface area contributed by atoms with Gasteiger partial charge in [0.25, 0.3) is 0 Å². The Morgan fingerprint density at radius 1 is 1.33 bits per heavy atom. The standard InChI is InChI=1S/C13H22N4O/c1-13(2)7-5-6-9(13)17-12-10(18-4)11(14-3)15-8-16-12/h8-9H,5-7H2,1-4H3,(H2,14,15,16,17). The van der Waals surface area contributed by atoms with Crippen LogP contribution in [0.25, 0.3) is 0 Å². The summed E-state index contributed by atoms with van der Waals surface area (Å²) in [5.74, 6) is 2.17. The van der Waals surface area contributed by atoms with E-state index >= 15 is 0 Å². The Bertz CT molecular complexity index is 419. The van der Waals surface area contributed by atoms with Gasteiger partial charge in [-0.3, -0.25) is 0 Å². The normalized spacial score (nSPS) is 21.7. The van der Waals surface area contributed by atoms with Crippen LogP contribution in [-0.4, -0.2) is 30.2 Å². The Labute approximate surface area is 108 Å². The van der Waals surface area contributed by atoms with Crippen LogP contribution in [0.2, 0.25) is 0 Å². The molecule has 0 aliphatic heterocycles. The Balaban J connectivity index is 2.23. The molecule has 100 valence electrons. The highest BCUT2D eigenvalue weighted by Crippen LogP contribution is 2.40. The Hall–Kier alpha value is -1.52. The molecule has 1 unspecified atom stereocenters. The lowest BCUT2D eigenvalue weighted by Crippen LogP contribution is -2.31. The lowest BCUT2D eigenvalue weighted by Gasteiger charge is -2.28. The van der Waals surface area contributed by atoms with Crippen LogP contribution in [0.4, 0.5) is 11.6 Å². The third-order valence-corrected chi connectivity index (χ3v) is 3.81. The van der Waals surface area contributed by atoms with Crippen molar-refractivity contribution in [3.8, 4) is 5.75 Å². The molecule has 18 heavy (non-hydrogen) atoms. The fourth-order valence-corrected chi connectivity index (χ4v) is 2.61. The van der Waals surface area contributed by atoms with Crippen molar-refractivity contribution in [1.82, 2.24) is 9.97 Å². The zero-order valence-electron chi connectivity index (χ0n) is 11.6. The Kier molecular flexibility index (Phi) is 3.59. The molecule has 5 nitrogen and oxygen atoms in total. The van der Waals surface area contributed by atoms with Crippen LogP contribution in [0.15, 0.2) is 6.33 Å². The van der Waals surface area contributed by atoms with E-state index in [1.165, 1.54) is 19.3 Å². The van der Waals surface area contributed by atoms with Gasteiger partial charge in [0, 0.05) is 13.1 Å². The summed E-state index contributed by atoms with van der Waals surface area (Å²) in [6, 6.07) is 0.436. The number of hydrogen-bond donors (Lipinski definition) is 2. The van der Waals surface area contributed by atoms with Crippen LogP contribution >= 0.6 is 0 Å². The minimum absolute atomic E-state index is 0.301. The monoisotopic (exact) mass is 250 g/mol. The minimum Gasteiger partial charge on any atom is -0.490 e. The molecule has 0 aromatic carbocycles. The molecule has 2 N–H and O–H groups in total. The predicted molar refractivity (Wildman–Crippen MR) is 73.2 cm³/mol. The average molecular weight is 250 g/mol. The van der Waals surface area contributed by atoms with Crippen LogP contribution in [0.3, 0.4) is 0 Å². The van der Waals surface area contributed by atoms with Crippen molar-refractivity contribution < 1.29 is 4.74 Å². The lowest BCUT2D eigenvalue weighted by atomic mass is 9.87. The molecule has 0 bridgehead atoms. The van der Waals surface area contributed by atoms with E-state index in [2.05, 4.69) is 34.4 Å². The van der Waals surface area contributed by atoms with Crippen molar-refractivity contribution in [3.05, 3.63) is 6.33 Å². The first-order valence-corrected chi connectivity index (χ1v) is 6.42. The van der Waals surface area contributed by atoms with E-state index in [0.717, 1.165) is 5.82 Å². The zero-order valence-corrected chi connectivity index (χ0v) is 11.6. The number of aromatic nitrogens is 2. The molecular weight excluding hydrogens is 228 g/mol. The van der Waals surface area contributed by atoms with Crippen molar-refractivity contribution in [1.29, 1.82) is 0 Å². The summed E-state index contributed by atoms with van der Waals surface area (Å²) < 4.78 is 5.40. The maximum atomic E-state index is 5.40. The van der Waals surface area contributed by atoms with Gasteiger partial charge in [-0.25, -0.2) is 9.97 Å². The van der Waals surface area contributed by atoms with Crippen LogP contribution in [0.5, 0.6) is 5.75 Å². The Morgan fingerprint density at radius 3 is 2.61 bits per heavy atom. The molecule has 1 aliphatic rings. The van der Waals surface area contributed by atoms with E-state index in [-0.39, 0.29) is 0 Å². The van der Waals surface area contributed by atoms with E-state index in [1.807, 2.05) is 7.05 Å². The number of hydrogen-bond acceptors (Lipinski definition) is 5. The van der Waals surface area contributed by atoms with Crippen LogP contribution < -0.4 is 15.4 Å².